The van der Waals surface area contributed by atoms with Gasteiger partial charge in [-0.3, -0.25) is 0 Å². The summed E-state index contributed by atoms with van der Waals surface area (Å²) in [4.78, 5) is 0. The van der Waals surface area contributed by atoms with Crippen LogP contribution in [0.25, 0.3) is 0 Å². The Hall–Kier alpha value is -0.0800. The molecule has 0 aromatic heterocycles. The van der Waals surface area contributed by atoms with Crippen LogP contribution in [0.15, 0.2) is 0 Å². The fourth-order valence-corrected chi connectivity index (χ4v) is 2.31. The highest BCUT2D eigenvalue weighted by atomic mass is 15.0. The van der Waals surface area contributed by atoms with Gasteiger partial charge in [0.2, 0.25) is 0 Å². The maximum atomic E-state index is 5.88. The van der Waals surface area contributed by atoms with Crippen LogP contribution in [0.5, 0.6) is 0 Å². The van der Waals surface area contributed by atoms with E-state index >= 15 is 0 Å². The number of nitrogens with two attached hydrogens (primary N) is 1. The topological polar surface area (TPSA) is 38.0 Å². The van der Waals surface area contributed by atoms with Gasteiger partial charge in [-0.1, -0.05) is 6.42 Å². The van der Waals surface area contributed by atoms with Gasteiger partial charge in [0.15, 0.2) is 0 Å². The van der Waals surface area contributed by atoms with Crippen molar-refractivity contribution >= 4 is 0 Å². The minimum atomic E-state index is 0.483. The van der Waals surface area contributed by atoms with Gasteiger partial charge in [-0.15, -0.1) is 0 Å². The zero-order chi connectivity index (χ0) is 6.97. The molecule has 2 heteroatoms. The predicted octanol–water partition coefficient (Wildman–Crippen LogP) is 0.618. The van der Waals surface area contributed by atoms with Crippen LogP contribution in [0.3, 0.4) is 0 Å². The maximum Gasteiger partial charge on any atom is 0.00844 e. The summed E-state index contributed by atoms with van der Waals surface area (Å²) in [5.74, 6) is 0. The minimum Gasteiger partial charge on any atom is -0.328 e. The van der Waals surface area contributed by atoms with Crippen LogP contribution >= 0.6 is 0 Å². The Kier molecular flexibility index (Phi) is 1.66. The van der Waals surface area contributed by atoms with E-state index in [0.717, 1.165) is 12.1 Å². The Bertz CT molecular complexity index is 108. The SMILES string of the molecule is NC1C[C@H]2CCC[C@H](C1)N2. The van der Waals surface area contributed by atoms with Gasteiger partial charge in [0.25, 0.3) is 0 Å². The van der Waals surface area contributed by atoms with Crippen molar-refractivity contribution in [2.75, 3.05) is 0 Å². The Morgan fingerprint density at radius 2 is 1.70 bits per heavy atom. The summed E-state index contributed by atoms with van der Waals surface area (Å²) in [5.41, 5.74) is 5.88. The van der Waals surface area contributed by atoms with Crippen LogP contribution in [0.4, 0.5) is 0 Å². The molecule has 0 aromatic carbocycles. The summed E-state index contributed by atoms with van der Waals surface area (Å²) in [6.45, 7) is 0. The van der Waals surface area contributed by atoms with E-state index in [1.165, 1.54) is 32.1 Å². The summed E-state index contributed by atoms with van der Waals surface area (Å²) < 4.78 is 0. The molecule has 2 fully saturated rings. The van der Waals surface area contributed by atoms with Crippen molar-refractivity contribution in [2.45, 2.75) is 50.2 Å². The van der Waals surface area contributed by atoms with Crippen molar-refractivity contribution in [2.24, 2.45) is 5.73 Å². The monoisotopic (exact) mass is 140 g/mol. The molecule has 0 spiro atoms. The van der Waals surface area contributed by atoms with Gasteiger partial charge in [-0.05, 0) is 25.7 Å². The Labute approximate surface area is 62.2 Å². The quantitative estimate of drug-likeness (QED) is 0.517. The van der Waals surface area contributed by atoms with Gasteiger partial charge in [-0.25, -0.2) is 0 Å². The van der Waals surface area contributed by atoms with E-state index in [-0.39, 0.29) is 0 Å². The lowest BCUT2D eigenvalue weighted by Crippen LogP contribution is -2.52. The average molecular weight is 140 g/mol. The molecule has 58 valence electrons. The molecule has 2 heterocycles. The van der Waals surface area contributed by atoms with E-state index in [1.807, 2.05) is 0 Å². The first-order valence-electron chi connectivity index (χ1n) is 4.36. The second kappa shape index (κ2) is 2.51. The van der Waals surface area contributed by atoms with Crippen molar-refractivity contribution in [1.29, 1.82) is 0 Å². The summed E-state index contributed by atoms with van der Waals surface area (Å²) in [5, 5.41) is 3.60. The molecule has 0 saturated carbocycles. The van der Waals surface area contributed by atoms with Crippen molar-refractivity contribution < 1.29 is 0 Å². The zero-order valence-corrected chi connectivity index (χ0v) is 6.34. The van der Waals surface area contributed by atoms with Crippen LogP contribution in [0, 0.1) is 0 Å². The van der Waals surface area contributed by atoms with Crippen LogP contribution in [-0.2, 0) is 0 Å². The Balaban J connectivity index is 1.98. The maximum absolute atomic E-state index is 5.88. The molecule has 2 nitrogen and oxygen atoms in total. The van der Waals surface area contributed by atoms with Gasteiger partial charge in [-0.2, -0.15) is 0 Å². The highest BCUT2D eigenvalue weighted by Crippen LogP contribution is 2.24. The van der Waals surface area contributed by atoms with E-state index in [9.17, 15) is 0 Å². The van der Waals surface area contributed by atoms with Crippen molar-refractivity contribution in [1.82, 2.24) is 5.32 Å². The highest BCUT2D eigenvalue weighted by molar-refractivity contribution is 4.90. The molecule has 2 atom stereocenters. The van der Waals surface area contributed by atoms with E-state index in [0.29, 0.717) is 6.04 Å². The largest absolute Gasteiger partial charge is 0.328 e. The van der Waals surface area contributed by atoms with Gasteiger partial charge < -0.3 is 11.1 Å². The molecule has 2 aliphatic heterocycles. The van der Waals surface area contributed by atoms with E-state index in [1.54, 1.807) is 0 Å². The fourth-order valence-electron chi connectivity index (χ4n) is 2.31. The Morgan fingerprint density at radius 3 is 2.30 bits per heavy atom. The fraction of sp³-hybridized carbons (Fsp3) is 1.00. The van der Waals surface area contributed by atoms with E-state index < -0.39 is 0 Å². The number of piperidine rings is 2. The number of hydrogen-bond acceptors (Lipinski definition) is 2. The van der Waals surface area contributed by atoms with Crippen LogP contribution < -0.4 is 11.1 Å². The average Bonchev–Trinajstić information content (AvgIpc) is 1.85. The van der Waals surface area contributed by atoms with E-state index in [4.69, 9.17) is 5.73 Å². The van der Waals surface area contributed by atoms with Gasteiger partial charge in [0.1, 0.15) is 0 Å². The van der Waals surface area contributed by atoms with Crippen molar-refractivity contribution in [3.63, 3.8) is 0 Å². The lowest BCUT2D eigenvalue weighted by Gasteiger charge is -2.38. The normalized spacial score (nSPS) is 47.1. The molecular formula is C8H16N2. The smallest absolute Gasteiger partial charge is 0.00844 e. The number of rotatable bonds is 0. The first-order valence-corrected chi connectivity index (χ1v) is 4.36. The Morgan fingerprint density at radius 1 is 1.10 bits per heavy atom. The number of nitrogens with one attached hydrogen (secondary N) is 1. The molecule has 0 aromatic rings. The van der Waals surface area contributed by atoms with Crippen LogP contribution in [-0.4, -0.2) is 18.1 Å². The van der Waals surface area contributed by atoms with Crippen LogP contribution in [0.1, 0.15) is 32.1 Å². The van der Waals surface area contributed by atoms with E-state index in [2.05, 4.69) is 5.32 Å². The second-order valence-corrected chi connectivity index (χ2v) is 3.72. The van der Waals surface area contributed by atoms with Crippen LogP contribution in [0.2, 0.25) is 0 Å². The second-order valence-electron chi connectivity index (χ2n) is 3.72. The standard InChI is InChI=1S/C8H16N2/c9-6-4-7-2-1-3-8(5-6)10-7/h6-8,10H,1-5,9H2/t7-,8-/m1/s1. The first-order chi connectivity index (χ1) is 4.84. The van der Waals surface area contributed by atoms with Gasteiger partial charge in [0, 0.05) is 18.1 Å². The van der Waals surface area contributed by atoms with Gasteiger partial charge >= 0.3 is 0 Å². The highest BCUT2D eigenvalue weighted by Gasteiger charge is 2.28. The third-order valence-corrected chi connectivity index (χ3v) is 2.75. The molecule has 2 saturated heterocycles. The molecule has 0 amide bonds. The molecule has 0 radical (unpaired) electrons. The summed E-state index contributed by atoms with van der Waals surface area (Å²) in [6, 6.07) is 1.99. The lowest BCUT2D eigenvalue weighted by atomic mass is 9.84. The lowest BCUT2D eigenvalue weighted by molar-refractivity contribution is 0.222. The van der Waals surface area contributed by atoms with Gasteiger partial charge in [0.05, 0.1) is 0 Å². The number of fused-ring (bicyclic) bond motifs is 2. The van der Waals surface area contributed by atoms with Crippen molar-refractivity contribution in [3.8, 4) is 0 Å². The molecular weight excluding hydrogens is 124 g/mol. The summed E-state index contributed by atoms with van der Waals surface area (Å²) in [6.07, 6.45) is 6.52. The molecule has 10 heavy (non-hydrogen) atoms. The minimum absolute atomic E-state index is 0.483. The third-order valence-electron chi connectivity index (χ3n) is 2.75. The number of hydrogen-bond donors (Lipinski definition) is 2. The predicted molar refractivity (Wildman–Crippen MR) is 41.8 cm³/mol. The molecule has 0 aliphatic carbocycles. The molecule has 2 rings (SSSR count). The zero-order valence-electron chi connectivity index (χ0n) is 6.34. The molecule has 2 bridgehead atoms. The molecule has 2 aliphatic rings. The first kappa shape index (κ1) is 6.62. The molecule has 0 unspecified atom stereocenters. The summed E-state index contributed by atoms with van der Waals surface area (Å²) >= 11 is 0. The third kappa shape index (κ3) is 1.18. The summed E-state index contributed by atoms with van der Waals surface area (Å²) in [7, 11) is 0. The van der Waals surface area contributed by atoms with Crippen molar-refractivity contribution in [3.05, 3.63) is 0 Å². The molecule has 3 N–H and O–H groups in total.